The van der Waals surface area contributed by atoms with E-state index in [0.717, 1.165) is 10.1 Å². The number of amides is 1. The van der Waals surface area contributed by atoms with Crippen molar-refractivity contribution in [1.29, 1.82) is 0 Å². The van der Waals surface area contributed by atoms with Gasteiger partial charge >= 0.3 is 0 Å². The summed E-state index contributed by atoms with van der Waals surface area (Å²) >= 11 is 7.38. The molecule has 0 radical (unpaired) electrons. The third-order valence-electron chi connectivity index (χ3n) is 3.12. The molecule has 1 heterocycles. The maximum Gasteiger partial charge on any atom is 0.266 e. The van der Waals surface area contributed by atoms with E-state index in [-0.39, 0.29) is 5.91 Å². The van der Waals surface area contributed by atoms with E-state index < -0.39 is 0 Å². The Balaban J connectivity index is 2.36. The molecule has 2 aromatic rings. The average molecular weight is 313 g/mol. The number of hydrogen-bond donors (Lipinski definition) is 1. The number of carbonyl (C=O) groups excluding carboxylic acids is 1. The highest BCUT2D eigenvalue weighted by molar-refractivity contribution is 7.21. The first kappa shape index (κ1) is 15.1. The maximum absolute atomic E-state index is 12.5. The van der Waals surface area contributed by atoms with E-state index in [1.807, 2.05) is 13.0 Å². The Morgan fingerprint density at radius 1 is 1.50 bits per heavy atom. The predicted molar refractivity (Wildman–Crippen MR) is 84.7 cm³/mol. The first-order chi connectivity index (χ1) is 9.58. The van der Waals surface area contributed by atoms with E-state index in [1.54, 1.807) is 24.1 Å². The van der Waals surface area contributed by atoms with Crippen LogP contribution in [0.15, 0.2) is 18.2 Å². The molecular formula is C14H17ClN2O2S. The number of benzene rings is 1. The summed E-state index contributed by atoms with van der Waals surface area (Å²) in [6.45, 7) is 3.63. The van der Waals surface area contributed by atoms with E-state index in [2.05, 4.69) is 0 Å². The molecule has 0 aliphatic heterocycles. The SMILES string of the molecule is CCN(CCOC)C(=O)c1sc2ccc(Cl)cc2c1N. The van der Waals surface area contributed by atoms with Crippen LogP contribution < -0.4 is 5.73 Å². The molecule has 0 unspecified atom stereocenters. The molecule has 4 nitrogen and oxygen atoms in total. The summed E-state index contributed by atoms with van der Waals surface area (Å²) in [5.74, 6) is -0.0561. The lowest BCUT2D eigenvalue weighted by molar-refractivity contribution is 0.0712. The van der Waals surface area contributed by atoms with Gasteiger partial charge in [0, 0.05) is 35.3 Å². The number of hydrogen-bond acceptors (Lipinski definition) is 4. The molecule has 0 aliphatic rings. The number of nitrogens with two attached hydrogens (primary N) is 1. The van der Waals surface area contributed by atoms with Crippen LogP contribution in [0.5, 0.6) is 0 Å². The lowest BCUT2D eigenvalue weighted by Gasteiger charge is -2.19. The lowest BCUT2D eigenvalue weighted by Crippen LogP contribution is -2.33. The van der Waals surface area contributed by atoms with E-state index in [0.29, 0.717) is 35.3 Å². The van der Waals surface area contributed by atoms with Crippen molar-refractivity contribution in [1.82, 2.24) is 4.90 Å². The third-order valence-corrected chi connectivity index (χ3v) is 4.53. The summed E-state index contributed by atoms with van der Waals surface area (Å²) in [6.07, 6.45) is 0. The average Bonchev–Trinajstić information content (AvgIpc) is 2.76. The van der Waals surface area contributed by atoms with E-state index >= 15 is 0 Å². The summed E-state index contributed by atoms with van der Waals surface area (Å²) in [4.78, 5) is 14.8. The first-order valence-corrected chi connectivity index (χ1v) is 7.53. The second-order valence-corrected chi connectivity index (χ2v) is 5.85. The largest absolute Gasteiger partial charge is 0.397 e. The van der Waals surface area contributed by atoms with Gasteiger partial charge in [0.05, 0.1) is 12.3 Å². The van der Waals surface area contributed by atoms with Crippen molar-refractivity contribution in [2.45, 2.75) is 6.92 Å². The molecule has 6 heteroatoms. The van der Waals surface area contributed by atoms with Crippen molar-refractivity contribution < 1.29 is 9.53 Å². The number of nitrogen functional groups attached to an aromatic ring is 1. The lowest BCUT2D eigenvalue weighted by atomic mass is 10.2. The topological polar surface area (TPSA) is 55.6 Å². The van der Waals surface area contributed by atoms with E-state index in [1.165, 1.54) is 11.3 Å². The Hall–Kier alpha value is -1.30. The fraction of sp³-hybridized carbons (Fsp3) is 0.357. The predicted octanol–water partition coefficient (Wildman–Crippen LogP) is 3.25. The smallest absolute Gasteiger partial charge is 0.266 e. The molecule has 1 amide bonds. The zero-order valence-electron chi connectivity index (χ0n) is 11.5. The van der Waals surface area contributed by atoms with Crippen molar-refractivity contribution in [3.63, 3.8) is 0 Å². The molecule has 2 N–H and O–H groups in total. The number of rotatable bonds is 5. The molecule has 1 aromatic carbocycles. The van der Waals surface area contributed by atoms with Crippen LogP contribution in [0.25, 0.3) is 10.1 Å². The van der Waals surface area contributed by atoms with Gasteiger partial charge in [-0.15, -0.1) is 11.3 Å². The number of methoxy groups -OCH3 is 1. The first-order valence-electron chi connectivity index (χ1n) is 6.34. The van der Waals surface area contributed by atoms with Crippen molar-refractivity contribution >= 4 is 44.6 Å². The van der Waals surface area contributed by atoms with Crippen LogP contribution in [-0.2, 0) is 4.74 Å². The Bertz CT molecular complexity index is 627. The van der Waals surface area contributed by atoms with Gasteiger partial charge < -0.3 is 15.4 Å². The Labute approximate surface area is 127 Å². The van der Waals surface area contributed by atoms with E-state index in [4.69, 9.17) is 22.1 Å². The number of nitrogens with zero attached hydrogens (tertiary/aromatic N) is 1. The zero-order chi connectivity index (χ0) is 14.7. The van der Waals surface area contributed by atoms with Gasteiger partial charge in [-0.1, -0.05) is 11.6 Å². The fourth-order valence-corrected chi connectivity index (χ4v) is 3.24. The summed E-state index contributed by atoms with van der Waals surface area (Å²) in [5, 5.41) is 1.46. The molecule has 0 aliphatic carbocycles. The highest BCUT2D eigenvalue weighted by Crippen LogP contribution is 2.35. The number of likely N-dealkylation sites (N-methyl/N-ethyl adjacent to an activating group) is 1. The highest BCUT2D eigenvalue weighted by atomic mass is 35.5. The van der Waals surface area contributed by atoms with Crippen molar-refractivity contribution in [2.24, 2.45) is 0 Å². The summed E-state index contributed by atoms with van der Waals surface area (Å²) < 4.78 is 6.00. The standard InChI is InChI=1S/C14H17ClN2O2S/c1-3-17(6-7-19-2)14(18)13-12(16)10-8-9(15)4-5-11(10)20-13/h4-5,8H,3,6-7,16H2,1-2H3. The summed E-state index contributed by atoms with van der Waals surface area (Å²) in [6, 6.07) is 5.49. The minimum absolute atomic E-state index is 0.0561. The van der Waals surface area contributed by atoms with Gasteiger partial charge in [0.2, 0.25) is 0 Å². The molecule has 108 valence electrons. The minimum Gasteiger partial charge on any atom is -0.397 e. The number of ether oxygens (including phenoxy) is 1. The molecule has 20 heavy (non-hydrogen) atoms. The summed E-state index contributed by atoms with van der Waals surface area (Å²) in [5.41, 5.74) is 6.61. The summed E-state index contributed by atoms with van der Waals surface area (Å²) in [7, 11) is 1.62. The van der Waals surface area contributed by atoms with Gasteiger partial charge in [-0.3, -0.25) is 4.79 Å². The van der Waals surface area contributed by atoms with Gasteiger partial charge in [-0.2, -0.15) is 0 Å². The van der Waals surface area contributed by atoms with Crippen LogP contribution in [0.2, 0.25) is 5.02 Å². The minimum atomic E-state index is -0.0561. The van der Waals surface area contributed by atoms with E-state index in [9.17, 15) is 4.79 Å². The molecular weight excluding hydrogens is 296 g/mol. The number of anilines is 1. The second-order valence-electron chi connectivity index (χ2n) is 4.36. The van der Waals surface area contributed by atoms with Crippen LogP contribution in [0.1, 0.15) is 16.6 Å². The van der Waals surface area contributed by atoms with Gasteiger partial charge in [0.1, 0.15) is 4.88 Å². The molecule has 0 saturated heterocycles. The third kappa shape index (κ3) is 2.90. The van der Waals surface area contributed by atoms with Crippen molar-refractivity contribution in [2.75, 3.05) is 32.5 Å². The Morgan fingerprint density at radius 2 is 2.25 bits per heavy atom. The number of fused-ring (bicyclic) bond motifs is 1. The second kappa shape index (κ2) is 6.43. The number of carbonyl (C=O) groups is 1. The Morgan fingerprint density at radius 3 is 2.90 bits per heavy atom. The van der Waals surface area contributed by atoms with Gasteiger partial charge in [0.25, 0.3) is 5.91 Å². The number of thiophene rings is 1. The highest BCUT2D eigenvalue weighted by Gasteiger charge is 2.21. The van der Waals surface area contributed by atoms with Crippen LogP contribution in [0.4, 0.5) is 5.69 Å². The molecule has 0 fully saturated rings. The van der Waals surface area contributed by atoms with Gasteiger partial charge in [-0.25, -0.2) is 0 Å². The number of halogens is 1. The van der Waals surface area contributed by atoms with Gasteiger partial charge in [0.15, 0.2) is 0 Å². The molecule has 0 spiro atoms. The van der Waals surface area contributed by atoms with Crippen LogP contribution in [-0.4, -0.2) is 37.6 Å². The molecule has 0 atom stereocenters. The molecule has 1 aromatic heterocycles. The molecule has 2 rings (SSSR count). The quantitative estimate of drug-likeness (QED) is 0.922. The zero-order valence-corrected chi connectivity index (χ0v) is 13.1. The van der Waals surface area contributed by atoms with Crippen LogP contribution in [0, 0.1) is 0 Å². The van der Waals surface area contributed by atoms with Crippen LogP contribution >= 0.6 is 22.9 Å². The van der Waals surface area contributed by atoms with Crippen molar-refractivity contribution in [3.8, 4) is 0 Å². The fourth-order valence-electron chi connectivity index (χ4n) is 2.00. The maximum atomic E-state index is 12.5. The van der Waals surface area contributed by atoms with Crippen LogP contribution in [0.3, 0.4) is 0 Å². The van der Waals surface area contributed by atoms with Gasteiger partial charge in [-0.05, 0) is 25.1 Å². The van der Waals surface area contributed by atoms with Crippen molar-refractivity contribution in [3.05, 3.63) is 28.1 Å². The monoisotopic (exact) mass is 312 g/mol. The Kier molecular flexibility index (Phi) is 4.86. The molecule has 0 saturated carbocycles. The molecule has 0 bridgehead atoms. The normalized spacial score (nSPS) is 10.9.